The Hall–Kier alpha value is -0.640. The van der Waals surface area contributed by atoms with Crippen LogP contribution in [0.25, 0.3) is 0 Å². The van der Waals surface area contributed by atoms with E-state index >= 15 is 0 Å². The fraction of sp³-hybridized carbons (Fsp3) is 0.500. The van der Waals surface area contributed by atoms with Gasteiger partial charge < -0.3 is 14.2 Å². The third-order valence-electron chi connectivity index (χ3n) is 1.27. The number of nitrogens with zero attached hydrogens (tertiary/aromatic N) is 1. The van der Waals surface area contributed by atoms with Crippen molar-refractivity contribution in [1.82, 2.24) is 4.98 Å². The Balaban J connectivity index is 2.71. The van der Waals surface area contributed by atoms with Crippen molar-refractivity contribution in [3.8, 4) is 0 Å². The van der Waals surface area contributed by atoms with Gasteiger partial charge in [-0.3, -0.25) is 4.57 Å². The number of aromatic nitrogens is 1. The zero-order chi connectivity index (χ0) is 9.19. The molecule has 1 aromatic rings. The van der Waals surface area contributed by atoms with E-state index in [9.17, 15) is 4.57 Å². The normalized spacial score (nSPS) is 11.9. The van der Waals surface area contributed by atoms with Crippen LogP contribution in [-0.2, 0) is 17.1 Å². The van der Waals surface area contributed by atoms with E-state index in [1.807, 2.05) is 6.92 Å². The van der Waals surface area contributed by atoms with Crippen LogP contribution < -0.4 is 0 Å². The van der Waals surface area contributed by atoms with Crippen molar-refractivity contribution in [2.45, 2.75) is 19.5 Å². The van der Waals surface area contributed by atoms with Crippen molar-refractivity contribution >= 4 is 7.60 Å². The molecule has 0 bridgehead atoms. The van der Waals surface area contributed by atoms with Crippen molar-refractivity contribution in [3.63, 3.8) is 0 Å². The van der Waals surface area contributed by atoms with E-state index in [-0.39, 0.29) is 6.16 Å². The van der Waals surface area contributed by atoms with E-state index in [4.69, 9.17) is 14.2 Å². The molecule has 0 amide bonds. The van der Waals surface area contributed by atoms with Gasteiger partial charge in [-0.05, 0) is 0 Å². The number of aryl methyl sites for hydroxylation is 1. The van der Waals surface area contributed by atoms with Crippen molar-refractivity contribution in [2.24, 2.45) is 0 Å². The van der Waals surface area contributed by atoms with Crippen molar-refractivity contribution < 1.29 is 18.8 Å². The van der Waals surface area contributed by atoms with Crippen LogP contribution in [-0.4, -0.2) is 14.8 Å². The van der Waals surface area contributed by atoms with Crippen LogP contribution in [0.15, 0.2) is 10.7 Å². The predicted octanol–water partition coefficient (Wildman–Crippen LogP) is 0.915. The molecule has 0 saturated heterocycles. The minimum absolute atomic E-state index is 0.306. The highest BCUT2D eigenvalue weighted by molar-refractivity contribution is 7.50. The SMILES string of the molecule is CCc1nc(CP(=O)(O)O)co1. The van der Waals surface area contributed by atoms with E-state index < -0.39 is 7.60 Å². The molecule has 5 nitrogen and oxygen atoms in total. The van der Waals surface area contributed by atoms with Gasteiger partial charge in [-0.15, -0.1) is 0 Å². The summed E-state index contributed by atoms with van der Waals surface area (Å²) in [6.45, 7) is 1.85. The largest absolute Gasteiger partial charge is 0.449 e. The summed E-state index contributed by atoms with van der Waals surface area (Å²) in [6, 6.07) is 0. The summed E-state index contributed by atoms with van der Waals surface area (Å²) in [7, 11) is -4.01. The first-order chi connectivity index (χ1) is 5.51. The molecule has 0 aliphatic rings. The lowest BCUT2D eigenvalue weighted by Crippen LogP contribution is -1.87. The monoisotopic (exact) mass is 191 g/mol. The molecule has 12 heavy (non-hydrogen) atoms. The van der Waals surface area contributed by atoms with Gasteiger partial charge in [0.2, 0.25) is 0 Å². The summed E-state index contributed by atoms with van der Waals surface area (Å²) in [5.74, 6) is 0.499. The van der Waals surface area contributed by atoms with E-state index in [1.165, 1.54) is 6.26 Å². The number of rotatable bonds is 3. The first-order valence-electron chi connectivity index (χ1n) is 3.49. The van der Waals surface area contributed by atoms with E-state index in [1.54, 1.807) is 0 Å². The first kappa shape index (κ1) is 9.45. The standard InChI is InChI=1S/C6H10NO4P/c1-2-6-7-5(3-11-6)4-12(8,9)10/h3H,2,4H2,1H3,(H2,8,9,10). The van der Waals surface area contributed by atoms with E-state index in [0.717, 1.165) is 0 Å². The maximum atomic E-state index is 10.5. The molecule has 0 atom stereocenters. The van der Waals surface area contributed by atoms with Gasteiger partial charge in [-0.2, -0.15) is 0 Å². The predicted molar refractivity (Wildman–Crippen MR) is 41.6 cm³/mol. The maximum Gasteiger partial charge on any atom is 0.331 e. The van der Waals surface area contributed by atoms with Gasteiger partial charge >= 0.3 is 7.60 Å². The molecule has 0 fully saturated rings. The number of hydrogen-bond acceptors (Lipinski definition) is 3. The van der Waals surface area contributed by atoms with Crippen LogP contribution >= 0.6 is 7.60 Å². The molecule has 1 aromatic heterocycles. The smallest absolute Gasteiger partial charge is 0.331 e. The Labute approximate surface area is 69.6 Å². The lowest BCUT2D eigenvalue weighted by atomic mass is 10.5. The van der Waals surface area contributed by atoms with Gasteiger partial charge in [0.05, 0.1) is 11.9 Å². The van der Waals surface area contributed by atoms with Crippen LogP contribution in [0.4, 0.5) is 0 Å². The first-order valence-corrected chi connectivity index (χ1v) is 5.29. The Bertz CT molecular complexity index is 302. The van der Waals surface area contributed by atoms with Crippen molar-refractivity contribution in [1.29, 1.82) is 0 Å². The van der Waals surface area contributed by atoms with E-state index in [2.05, 4.69) is 4.98 Å². The molecule has 0 aromatic carbocycles. The van der Waals surface area contributed by atoms with Crippen LogP contribution in [0.1, 0.15) is 18.5 Å². The summed E-state index contributed by atoms with van der Waals surface area (Å²) in [6.07, 6.45) is 1.55. The van der Waals surface area contributed by atoms with Gasteiger partial charge in [-0.1, -0.05) is 6.92 Å². The third-order valence-corrected chi connectivity index (χ3v) is 2.01. The van der Waals surface area contributed by atoms with Gasteiger partial charge in [0.15, 0.2) is 5.89 Å². The Morgan fingerprint density at radius 1 is 1.67 bits per heavy atom. The average Bonchev–Trinajstić information content (AvgIpc) is 2.32. The van der Waals surface area contributed by atoms with Crippen LogP contribution in [0.3, 0.4) is 0 Å². The molecule has 6 heteroatoms. The van der Waals surface area contributed by atoms with Crippen LogP contribution in [0, 0.1) is 0 Å². The second-order valence-corrected chi connectivity index (χ2v) is 4.05. The Morgan fingerprint density at radius 3 is 2.75 bits per heavy atom. The summed E-state index contributed by atoms with van der Waals surface area (Å²) in [4.78, 5) is 21.0. The molecule has 1 heterocycles. The second-order valence-electron chi connectivity index (χ2n) is 2.41. The summed E-state index contributed by atoms with van der Waals surface area (Å²) < 4.78 is 15.4. The minimum Gasteiger partial charge on any atom is -0.449 e. The Kier molecular flexibility index (Phi) is 2.67. The number of oxazole rings is 1. The highest BCUT2D eigenvalue weighted by Crippen LogP contribution is 2.38. The molecule has 0 spiro atoms. The van der Waals surface area contributed by atoms with E-state index in [0.29, 0.717) is 18.0 Å². The molecule has 0 aliphatic carbocycles. The highest BCUT2D eigenvalue weighted by Gasteiger charge is 2.16. The lowest BCUT2D eigenvalue weighted by molar-refractivity contribution is 0.371. The molecule has 0 saturated carbocycles. The maximum absolute atomic E-state index is 10.5. The number of hydrogen-bond donors (Lipinski definition) is 2. The van der Waals surface area contributed by atoms with Crippen molar-refractivity contribution in [3.05, 3.63) is 17.8 Å². The molecule has 1 rings (SSSR count). The van der Waals surface area contributed by atoms with Crippen molar-refractivity contribution in [2.75, 3.05) is 0 Å². The highest BCUT2D eigenvalue weighted by atomic mass is 31.2. The van der Waals surface area contributed by atoms with Crippen LogP contribution in [0.2, 0.25) is 0 Å². The molecule has 68 valence electrons. The molecule has 0 unspecified atom stereocenters. The minimum atomic E-state index is -4.01. The molecule has 0 radical (unpaired) electrons. The zero-order valence-electron chi connectivity index (χ0n) is 6.60. The van der Waals surface area contributed by atoms with Gasteiger partial charge in [0.1, 0.15) is 6.26 Å². The Morgan fingerprint density at radius 2 is 2.33 bits per heavy atom. The zero-order valence-corrected chi connectivity index (χ0v) is 7.49. The fourth-order valence-electron chi connectivity index (χ4n) is 0.795. The lowest BCUT2D eigenvalue weighted by Gasteiger charge is -1.97. The summed E-state index contributed by atoms with van der Waals surface area (Å²) >= 11 is 0. The quantitative estimate of drug-likeness (QED) is 0.694. The van der Waals surface area contributed by atoms with Gasteiger partial charge in [0.25, 0.3) is 0 Å². The fourth-order valence-corrected chi connectivity index (χ4v) is 1.36. The van der Waals surface area contributed by atoms with Crippen LogP contribution in [0.5, 0.6) is 0 Å². The summed E-state index contributed by atoms with van der Waals surface area (Å²) in [5.41, 5.74) is 0.306. The van der Waals surface area contributed by atoms with Gasteiger partial charge in [0, 0.05) is 6.42 Å². The summed E-state index contributed by atoms with van der Waals surface area (Å²) in [5, 5.41) is 0. The molecule has 2 N–H and O–H groups in total. The van der Waals surface area contributed by atoms with Gasteiger partial charge in [-0.25, -0.2) is 4.98 Å². The molecular formula is C6H10NO4P. The molecule has 0 aliphatic heterocycles. The molecular weight excluding hydrogens is 181 g/mol. The topological polar surface area (TPSA) is 83.6 Å². The third kappa shape index (κ3) is 2.77. The second kappa shape index (κ2) is 3.39. The average molecular weight is 191 g/mol.